The quantitative estimate of drug-likeness (QED) is 0.168. The third-order valence-corrected chi connectivity index (χ3v) is 11.1. The number of likely N-dealkylation sites (N-methyl/N-ethyl adjacent to an activating group) is 2. The van der Waals surface area contributed by atoms with Gasteiger partial charge in [0.15, 0.2) is 5.78 Å². The fourth-order valence-corrected chi connectivity index (χ4v) is 7.76. The van der Waals surface area contributed by atoms with E-state index in [0.717, 1.165) is 12.8 Å². The normalized spacial score (nSPS) is 20.2. The zero-order chi connectivity index (χ0) is 38.6. The molecule has 0 bridgehead atoms. The Bertz CT molecular complexity index is 1240. The number of rotatable bonds is 21. The number of hydrogen-bond donors (Lipinski definition) is 3. The van der Waals surface area contributed by atoms with E-state index in [0.29, 0.717) is 18.5 Å². The first kappa shape index (κ1) is 44.3. The van der Waals surface area contributed by atoms with Gasteiger partial charge < -0.3 is 35.0 Å². The average molecular weight is 717 g/mol. The number of Topliss-reactive ketones (excluding diaryl/α,β-unsaturated/α-hetero) is 1. The molecule has 290 valence electrons. The summed E-state index contributed by atoms with van der Waals surface area (Å²) in [6.07, 6.45) is 0.381. The van der Waals surface area contributed by atoms with Crippen LogP contribution >= 0.6 is 0 Å². The number of benzene rings is 1. The molecule has 1 fully saturated rings. The maximum absolute atomic E-state index is 14.2. The highest BCUT2D eigenvalue weighted by atomic mass is 16.5. The van der Waals surface area contributed by atoms with Gasteiger partial charge >= 0.3 is 0 Å². The Morgan fingerprint density at radius 3 is 2.10 bits per heavy atom. The minimum atomic E-state index is -0.871. The lowest BCUT2D eigenvalue weighted by Gasteiger charge is -2.41. The van der Waals surface area contributed by atoms with E-state index in [4.69, 9.17) is 9.47 Å². The number of hydrogen-bond acceptors (Lipinski definition) is 8. The van der Waals surface area contributed by atoms with Gasteiger partial charge in [-0.2, -0.15) is 0 Å². The minimum Gasteiger partial charge on any atom is -0.386 e. The second-order valence-corrected chi connectivity index (χ2v) is 15.3. The number of methoxy groups -OCH3 is 2. The van der Waals surface area contributed by atoms with Gasteiger partial charge in [-0.25, -0.2) is 0 Å². The topological polar surface area (TPSA) is 138 Å². The van der Waals surface area contributed by atoms with Crippen LogP contribution in [0.5, 0.6) is 0 Å². The molecule has 4 unspecified atom stereocenters. The van der Waals surface area contributed by atoms with Gasteiger partial charge in [0, 0.05) is 40.2 Å². The van der Waals surface area contributed by atoms with Crippen LogP contribution in [-0.4, -0.2) is 110 Å². The van der Waals surface area contributed by atoms with Gasteiger partial charge in [0.2, 0.25) is 17.7 Å². The highest BCUT2D eigenvalue weighted by molar-refractivity contribution is 5.90. The lowest BCUT2D eigenvalue weighted by Crippen LogP contribution is -2.54. The first-order valence-corrected chi connectivity index (χ1v) is 18.9. The standard InChI is InChI=1S/C40H68N4O7/c1-13-26(6)36(43(10)40(49)30(24(2)3)22-32(45)35(41-9)25(4)5)33(50-11)23-34(46)44-21-17-20-31(44)38(51-12)27(7)39(48)42-28(8)37(47)29-18-15-14-16-19-29/h14-16,18-19,24-28,30-31,33,35-38,41,47H,13,17,20-23H2,1-12H3,(H,42,48)/t26-,27+,28+,30-,31?,33+,35?,36-,37?,38?/m0/s1. The highest BCUT2D eigenvalue weighted by Crippen LogP contribution is 2.31. The van der Waals surface area contributed by atoms with Gasteiger partial charge in [0.05, 0.1) is 54.8 Å². The van der Waals surface area contributed by atoms with E-state index in [1.165, 1.54) is 0 Å². The van der Waals surface area contributed by atoms with Gasteiger partial charge in [0.25, 0.3) is 0 Å². The monoisotopic (exact) mass is 717 g/mol. The fraction of sp³-hybridized carbons (Fsp3) is 0.750. The molecular formula is C40H68N4O7. The van der Waals surface area contributed by atoms with E-state index in [1.807, 2.05) is 58.0 Å². The summed E-state index contributed by atoms with van der Waals surface area (Å²) >= 11 is 0. The molecule has 3 amide bonds. The zero-order valence-electron chi connectivity index (χ0n) is 33.3. The predicted molar refractivity (Wildman–Crippen MR) is 201 cm³/mol. The first-order valence-electron chi connectivity index (χ1n) is 18.9. The maximum Gasteiger partial charge on any atom is 0.226 e. The van der Waals surface area contributed by atoms with E-state index in [-0.39, 0.29) is 66.2 Å². The van der Waals surface area contributed by atoms with Crippen LogP contribution in [0.4, 0.5) is 0 Å². The van der Waals surface area contributed by atoms with Gasteiger partial charge in [-0.15, -0.1) is 0 Å². The Labute approximate surface area is 307 Å². The van der Waals surface area contributed by atoms with Crippen LogP contribution in [0.2, 0.25) is 0 Å². The molecule has 0 aliphatic carbocycles. The van der Waals surface area contributed by atoms with Gasteiger partial charge in [-0.1, -0.05) is 85.2 Å². The Morgan fingerprint density at radius 1 is 0.961 bits per heavy atom. The number of nitrogens with one attached hydrogen (secondary N) is 2. The number of likely N-dealkylation sites (tertiary alicyclic amines) is 1. The number of carbonyl (C=O) groups excluding carboxylic acids is 4. The van der Waals surface area contributed by atoms with Crippen molar-refractivity contribution in [3.05, 3.63) is 35.9 Å². The number of ether oxygens (including phenoxy) is 2. The second kappa shape index (κ2) is 21.0. The first-order chi connectivity index (χ1) is 24.0. The summed E-state index contributed by atoms with van der Waals surface area (Å²) < 4.78 is 11.9. The molecule has 1 aliphatic heterocycles. The van der Waals surface area contributed by atoms with Crippen LogP contribution in [0.1, 0.15) is 99.2 Å². The van der Waals surface area contributed by atoms with Crippen molar-refractivity contribution >= 4 is 23.5 Å². The maximum atomic E-state index is 14.2. The second-order valence-electron chi connectivity index (χ2n) is 15.3. The summed E-state index contributed by atoms with van der Waals surface area (Å²) in [4.78, 5) is 58.6. The smallest absolute Gasteiger partial charge is 0.226 e. The molecule has 3 N–H and O–H groups in total. The van der Waals surface area contributed by atoms with E-state index >= 15 is 0 Å². The number of aliphatic hydroxyl groups is 1. The predicted octanol–water partition coefficient (Wildman–Crippen LogP) is 4.62. The summed E-state index contributed by atoms with van der Waals surface area (Å²) in [7, 11) is 6.68. The molecule has 0 saturated carbocycles. The summed E-state index contributed by atoms with van der Waals surface area (Å²) in [5.41, 5.74) is 0.714. The summed E-state index contributed by atoms with van der Waals surface area (Å²) in [5, 5.41) is 16.9. The van der Waals surface area contributed by atoms with Crippen molar-refractivity contribution in [3.63, 3.8) is 0 Å². The van der Waals surface area contributed by atoms with Crippen molar-refractivity contribution in [2.24, 2.45) is 29.6 Å². The number of aliphatic hydroxyl groups excluding tert-OH is 1. The Morgan fingerprint density at radius 2 is 1.59 bits per heavy atom. The molecule has 11 heteroatoms. The Hall–Kier alpha value is -2.86. The van der Waals surface area contributed by atoms with Crippen molar-refractivity contribution in [1.82, 2.24) is 20.4 Å². The van der Waals surface area contributed by atoms with Gasteiger partial charge in [0.1, 0.15) is 0 Å². The third kappa shape index (κ3) is 11.6. The molecule has 0 spiro atoms. The zero-order valence-corrected chi connectivity index (χ0v) is 33.3. The highest BCUT2D eigenvalue weighted by Gasteiger charge is 2.43. The molecule has 11 nitrogen and oxygen atoms in total. The van der Waals surface area contributed by atoms with Crippen molar-refractivity contribution < 1.29 is 33.8 Å². The SMILES string of the molecule is CC[C@H](C)[C@@H]([C@@H](CC(=O)N1CCCC1C(OC)[C@@H](C)C(=O)N[C@H](C)C(O)c1ccccc1)OC)N(C)C(=O)[C@@H](CC(=O)C(NC)C(C)C)C(C)C. The molecule has 51 heavy (non-hydrogen) atoms. The average Bonchev–Trinajstić information content (AvgIpc) is 3.59. The third-order valence-electron chi connectivity index (χ3n) is 11.1. The van der Waals surface area contributed by atoms with Crippen molar-refractivity contribution in [2.75, 3.05) is 34.9 Å². The van der Waals surface area contributed by atoms with Gasteiger partial charge in [-0.3, -0.25) is 19.2 Å². The fourth-order valence-electron chi connectivity index (χ4n) is 7.76. The number of carbonyl (C=O) groups is 4. The van der Waals surface area contributed by atoms with Crippen LogP contribution in [0.25, 0.3) is 0 Å². The summed E-state index contributed by atoms with van der Waals surface area (Å²) in [5.74, 6) is -1.54. The van der Waals surface area contributed by atoms with Crippen molar-refractivity contribution in [2.45, 2.75) is 130 Å². The van der Waals surface area contributed by atoms with Crippen molar-refractivity contribution in [3.8, 4) is 0 Å². The van der Waals surface area contributed by atoms with Crippen LogP contribution in [0.3, 0.4) is 0 Å². The van der Waals surface area contributed by atoms with E-state index in [1.54, 1.807) is 52.0 Å². The number of amides is 3. The minimum absolute atomic E-state index is 0.0129. The van der Waals surface area contributed by atoms with Crippen LogP contribution in [0.15, 0.2) is 30.3 Å². The molecule has 1 aromatic carbocycles. The lowest BCUT2D eigenvalue weighted by atomic mass is 9.84. The molecule has 1 saturated heterocycles. The molecule has 1 aromatic rings. The van der Waals surface area contributed by atoms with Crippen LogP contribution in [0, 0.1) is 29.6 Å². The lowest BCUT2D eigenvalue weighted by molar-refractivity contribution is -0.149. The molecule has 1 aliphatic rings. The largest absolute Gasteiger partial charge is 0.386 e. The molecule has 0 aromatic heterocycles. The molecular weight excluding hydrogens is 648 g/mol. The molecule has 10 atom stereocenters. The summed E-state index contributed by atoms with van der Waals surface area (Å²) in [6.45, 7) is 16.1. The van der Waals surface area contributed by atoms with E-state index < -0.39 is 42.2 Å². The van der Waals surface area contributed by atoms with E-state index in [2.05, 4.69) is 24.5 Å². The number of ketones is 1. The van der Waals surface area contributed by atoms with Crippen LogP contribution in [-0.2, 0) is 28.7 Å². The van der Waals surface area contributed by atoms with Gasteiger partial charge in [-0.05, 0) is 50.1 Å². The number of nitrogens with zero attached hydrogens (tertiary/aromatic N) is 2. The van der Waals surface area contributed by atoms with E-state index in [9.17, 15) is 24.3 Å². The molecule has 0 radical (unpaired) electrons. The summed E-state index contributed by atoms with van der Waals surface area (Å²) in [6, 6.07) is 7.61. The van der Waals surface area contributed by atoms with Crippen molar-refractivity contribution in [1.29, 1.82) is 0 Å². The Balaban J connectivity index is 2.24. The van der Waals surface area contributed by atoms with Crippen LogP contribution < -0.4 is 10.6 Å². The molecule has 1 heterocycles. The Kier molecular flexibility index (Phi) is 18.2. The molecule has 2 rings (SSSR count).